The first kappa shape index (κ1) is 14.0. The molecule has 8 heteroatoms. The van der Waals surface area contributed by atoms with Crippen molar-refractivity contribution in [1.29, 1.82) is 0 Å². The fourth-order valence-electron chi connectivity index (χ4n) is 2.51. The molecule has 2 aromatic heterocycles. The highest BCUT2D eigenvalue weighted by Gasteiger charge is 2.39. The first-order valence-corrected chi connectivity index (χ1v) is 9.20. The first-order chi connectivity index (χ1) is 9.26. The zero-order valence-electron chi connectivity index (χ0n) is 11.1. The summed E-state index contributed by atoms with van der Waals surface area (Å²) in [5.41, 5.74) is -0.501. The lowest BCUT2D eigenvalue weighted by Crippen LogP contribution is -2.36. The van der Waals surface area contributed by atoms with Gasteiger partial charge in [0, 0.05) is 4.88 Å². The number of hydrogen-bond donors (Lipinski definition) is 1. The Balaban J connectivity index is 2.03. The largest absolute Gasteiger partial charge is 0.363 e. The van der Waals surface area contributed by atoms with Gasteiger partial charge in [-0.15, -0.1) is 11.3 Å². The smallest absolute Gasteiger partial charge is 0.225 e. The lowest BCUT2D eigenvalue weighted by Gasteiger charge is -2.24. The van der Waals surface area contributed by atoms with Gasteiger partial charge in [-0.05, 0) is 37.9 Å². The third kappa shape index (κ3) is 2.62. The highest BCUT2D eigenvalue weighted by atomic mass is 35.5. The van der Waals surface area contributed by atoms with Gasteiger partial charge in [-0.3, -0.25) is 0 Å². The quantitative estimate of drug-likeness (QED) is 0.856. The Morgan fingerprint density at radius 3 is 2.85 bits per heavy atom. The minimum Gasteiger partial charge on any atom is -0.363 e. The van der Waals surface area contributed by atoms with Crippen LogP contribution in [0.1, 0.15) is 18.2 Å². The van der Waals surface area contributed by atoms with Gasteiger partial charge in [0.15, 0.2) is 9.84 Å². The number of fused-ring (bicyclic) bond motifs is 1. The number of anilines is 1. The summed E-state index contributed by atoms with van der Waals surface area (Å²) in [5, 5.41) is 4.33. The number of nitrogens with one attached hydrogen (secondary N) is 1. The average Bonchev–Trinajstić information content (AvgIpc) is 2.78. The number of aryl methyl sites for hydroxylation is 1. The van der Waals surface area contributed by atoms with Crippen molar-refractivity contribution in [3.8, 4) is 0 Å². The molecule has 20 heavy (non-hydrogen) atoms. The SMILES string of the molecule is Cc1cc2c(NC3(C)CCS(=O)(=O)C3)nc(Cl)nc2s1. The molecule has 1 aliphatic rings. The standard InChI is InChI=1S/C12H14ClN3O2S2/c1-7-5-8-9(14-11(13)15-10(8)19-7)16-12(2)3-4-20(17,18)6-12/h5H,3-4,6H2,1-2H3,(H,14,15,16). The molecule has 5 nitrogen and oxygen atoms in total. The van der Waals surface area contributed by atoms with Gasteiger partial charge in [0.1, 0.15) is 10.6 Å². The summed E-state index contributed by atoms with van der Waals surface area (Å²) in [6, 6.07) is 1.99. The molecule has 0 spiro atoms. The molecular formula is C12H14ClN3O2S2. The maximum absolute atomic E-state index is 11.7. The summed E-state index contributed by atoms with van der Waals surface area (Å²) in [7, 11) is -2.97. The van der Waals surface area contributed by atoms with Crippen molar-refractivity contribution >= 4 is 48.8 Å². The van der Waals surface area contributed by atoms with Crippen molar-refractivity contribution in [2.75, 3.05) is 16.8 Å². The lowest BCUT2D eigenvalue weighted by molar-refractivity contribution is 0.572. The fraction of sp³-hybridized carbons (Fsp3) is 0.500. The maximum Gasteiger partial charge on any atom is 0.225 e. The van der Waals surface area contributed by atoms with Crippen LogP contribution in [-0.2, 0) is 9.84 Å². The van der Waals surface area contributed by atoms with Crippen LogP contribution in [0.3, 0.4) is 0 Å². The van der Waals surface area contributed by atoms with E-state index in [1.165, 1.54) is 0 Å². The predicted octanol–water partition coefficient (Wildman–Crippen LogP) is 2.64. The molecule has 0 radical (unpaired) electrons. The molecule has 1 N–H and O–H groups in total. The minimum atomic E-state index is -2.97. The number of rotatable bonds is 2. The Hall–Kier alpha value is -0.920. The summed E-state index contributed by atoms with van der Waals surface area (Å²) in [4.78, 5) is 10.4. The monoisotopic (exact) mass is 331 g/mol. The van der Waals surface area contributed by atoms with Crippen LogP contribution in [0.4, 0.5) is 5.82 Å². The first-order valence-electron chi connectivity index (χ1n) is 6.19. The van der Waals surface area contributed by atoms with Gasteiger partial charge in [-0.1, -0.05) is 0 Å². The van der Waals surface area contributed by atoms with E-state index < -0.39 is 15.4 Å². The molecule has 3 heterocycles. The van der Waals surface area contributed by atoms with Crippen LogP contribution < -0.4 is 5.32 Å². The normalized spacial score (nSPS) is 25.1. The second-order valence-electron chi connectivity index (χ2n) is 5.44. The third-order valence-corrected chi connectivity index (χ3v) is 6.43. The number of nitrogens with zero attached hydrogens (tertiary/aromatic N) is 2. The molecule has 0 aromatic carbocycles. The second-order valence-corrected chi connectivity index (χ2v) is 9.20. The Bertz CT molecular complexity index is 787. The molecule has 1 atom stereocenters. The van der Waals surface area contributed by atoms with Crippen molar-refractivity contribution in [1.82, 2.24) is 9.97 Å². The fourth-order valence-corrected chi connectivity index (χ4v) is 5.70. The van der Waals surface area contributed by atoms with Gasteiger partial charge in [0.05, 0.1) is 22.4 Å². The van der Waals surface area contributed by atoms with Crippen LogP contribution >= 0.6 is 22.9 Å². The van der Waals surface area contributed by atoms with E-state index in [4.69, 9.17) is 11.6 Å². The van der Waals surface area contributed by atoms with Gasteiger partial charge in [-0.25, -0.2) is 18.4 Å². The molecule has 0 amide bonds. The van der Waals surface area contributed by atoms with Crippen molar-refractivity contribution in [2.24, 2.45) is 0 Å². The van der Waals surface area contributed by atoms with E-state index >= 15 is 0 Å². The highest BCUT2D eigenvalue weighted by molar-refractivity contribution is 7.91. The number of hydrogen-bond acceptors (Lipinski definition) is 6. The van der Waals surface area contributed by atoms with Crippen LogP contribution in [0.5, 0.6) is 0 Å². The minimum absolute atomic E-state index is 0.117. The number of halogens is 1. The molecule has 0 bridgehead atoms. The molecule has 2 aromatic rings. The van der Waals surface area contributed by atoms with Crippen LogP contribution in [0, 0.1) is 6.92 Å². The van der Waals surface area contributed by atoms with Crippen LogP contribution in [0.25, 0.3) is 10.2 Å². The zero-order chi connectivity index (χ0) is 14.5. The van der Waals surface area contributed by atoms with E-state index in [0.29, 0.717) is 12.2 Å². The average molecular weight is 332 g/mol. The maximum atomic E-state index is 11.7. The Morgan fingerprint density at radius 2 is 2.20 bits per heavy atom. The Morgan fingerprint density at radius 1 is 1.45 bits per heavy atom. The molecule has 1 saturated heterocycles. The van der Waals surface area contributed by atoms with E-state index in [-0.39, 0.29) is 16.8 Å². The summed E-state index contributed by atoms with van der Waals surface area (Å²) in [6.45, 7) is 3.89. The van der Waals surface area contributed by atoms with Gasteiger partial charge in [-0.2, -0.15) is 0 Å². The van der Waals surface area contributed by atoms with Crippen molar-refractivity contribution in [2.45, 2.75) is 25.8 Å². The van der Waals surface area contributed by atoms with Crippen molar-refractivity contribution in [3.05, 3.63) is 16.2 Å². The summed E-state index contributed by atoms with van der Waals surface area (Å²) in [5.74, 6) is 0.942. The van der Waals surface area contributed by atoms with E-state index in [1.54, 1.807) is 11.3 Å². The van der Waals surface area contributed by atoms with E-state index in [2.05, 4.69) is 15.3 Å². The summed E-state index contributed by atoms with van der Waals surface area (Å²) < 4.78 is 23.3. The third-order valence-electron chi connectivity index (χ3n) is 3.41. The zero-order valence-corrected chi connectivity index (χ0v) is 13.5. The van der Waals surface area contributed by atoms with E-state index in [0.717, 1.165) is 15.1 Å². The number of aromatic nitrogens is 2. The van der Waals surface area contributed by atoms with Gasteiger partial charge < -0.3 is 5.32 Å². The molecular weight excluding hydrogens is 318 g/mol. The van der Waals surface area contributed by atoms with Crippen molar-refractivity contribution in [3.63, 3.8) is 0 Å². The van der Waals surface area contributed by atoms with Crippen LogP contribution in [0.2, 0.25) is 5.28 Å². The van der Waals surface area contributed by atoms with Crippen molar-refractivity contribution < 1.29 is 8.42 Å². The van der Waals surface area contributed by atoms with Gasteiger partial charge >= 0.3 is 0 Å². The molecule has 0 saturated carbocycles. The molecule has 1 aliphatic heterocycles. The lowest BCUT2D eigenvalue weighted by atomic mass is 10.0. The predicted molar refractivity (Wildman–Crippen MR) is 82.5 cm³/mol. The highest BCUT2D eigenvalue weighted by Crippen LogP contribution is 2.33. The van der Waals surface area contributed by atoms with Gasteiger partial charge in [0.2, 0.25) is 5.28 Å². The van der Waals surface area contributed by atoms with Crippen LogP contribution in [0.15, 0.2) is 6.07 Å². The molecule has 1 fully saturated rings. The molecule has 3 rings (SSSR count). The Kier molecular flexibility index (Phi) is 3.19. The number of thiophene rings is 1. The topological polar surface area (TPSA) is 72.0 Å². The summed E-state index contributed by atoms with van der Waals surface area (Å²) in [6.07, 6.45) is 0.571. The summed E-state index contributed by atoms with van der Waals surface area (Å²) >= 11 is 7.49. The Labute approximate surface area is 126 Å². The van der Waals surface area contributed by atoms with Crippen LogP contribution in [-0.4, -0.2) is 35.4 Å². The molecule has 1 unspecified atom stereocenters. The number of sulfone groups is 1. The van der Waals surface area contributed by atoms with E-state index in [1.807, 2.05) is 19.9 Å². The van der Waals surface area contributed by atoms with E-state index in [9.17, 15) is 8.42 Å². The van der Waals surface area contributed by atoms with Gasteiger partial charge in [0.25, 0.3) is 0 Å². The molecule has 0 aliphatic carbocycles. The second kappa shape index (κ2) is 4.54. The molecule has 108 valence electrons.